The van der Waals surface area contributed by atoms with Crippen LogP contribution in [0.3, 0.4) is 0 Å². The number of nitrogens with one attached hydrogen (secondary N) is 1. The van der Waals surface area contributed by atoms with Gasteiger partial charge in [-0.15, -0.1) is 0 Å². The SMILES string of the molecule is O=C(Nc1ccc(F)cc1)c1cncc(-c2ccc(C(F)(F)F)cc2)n1. The van der Waals surface area contributed by atoms with Crippen molar-refractivity contribution in [2.24, 2.45) is 0 Å². The Morgan fingerprint density at radius 3 is 2.19 bits per heavy atom. The molecule has 0 unspecified atom stereocenters. The molecule has 8 heteroatoms. The number of halogens is 4. The van der Waals surface area contributed by atoms with Gasteiger partial charge in [0.05, 0.1) is 23.7 Å². The molecule has 0 bridgehead atoms. The monoisotopic (exact) mass is 361 g/mol. The van der Waals surface area contributed by atoms with Crippen LogP contribution in [0.15, 0.2) is 60.9 Å². The highest BCUT2D eigenvalue weighted by molar-refractivity contribution is 6.02. The lowest BCUT2D eigenvalue weighted by molar-refractivity contribution is -0.137. The van der Waals surface area contributed by atoms with Gasteiger partial charge in [-0.25, -0.2) is 9.37 Å². The van der Waals surface area contributed by atoms with Gasteiger partial charge in [-0.1, -0.05) is 12.1 Å². The van der Waals surface area contributed by atoms with Crippen LogP contribution < -0.4 is 5.32 Å². The first-order valence-electron chi connectivity index (χ1n) is 7.39. The zero-order valence-electron chi connectivity index (χ0n) is 13.1. The minimum Gasteiger partial charge on any atom is -0.321 e. The second-order valence-electron chi connectivity index (χ2n) is 5.33. The molecule has 0 atom stereocenters. The molecule has 1 N–H and O–H groups in total. The number of amides is 1. The molecular formula is C18H11F4N3O. The van der Waals surface area contributed by atoms with Gasteiger partial charge in [-0.05, 0) is 36.4 Å². The van der Waals surface area contributed by atoms with Crippen LogP contribution in [0.4, 0.5) is 23.2 Å². The number of hydrogen-bond donors (Lipinski definition) is 1. The molecule has 3 rings (SSSR count). The fraction of sp³-hybridized carbons (Fsp3) is 0.0556. The van der Waals surface area contributed by atoms with Crippen molar-refractivity contribution < 1.29 is 22.4 Å². The minimum atomic E-state index is -4.43. The first-order chi connectivity index (χ1) is 12.3. The lowest BCUT2D eigenvalue weighted by Crippen LogP contribution is -2.14. The maximum Gasteiger partial charge on any atom is 0.416 e. The number of nitrogens with zero attached hydrogens (tertiary/aromatic N) is 2. The molecule has 0 saturated carbocycles. The predicted molar refractivity (Wildman–Crippen MR) is 86.8 cm³/mol. The van der Waals surface area contributed by atoms with Gasteiger partial charge in [0.2, 0.25) is 0 Å². The smallest absolute Gasteiger partial charge is 0.321 e. The average molecular weight is 361 g/mol. The normalized spacial score (nSPS) is 11.2. The molecule has 1 heterocycles. The molecular weight excluding hydrogens is 350 g/mol. The molecule has 0 aliphatic carbocycles. The Kier molecular flexibility index (Phi) is 4.66. The van der Waals surface area contributed by atoms with Crippen molar-refractivity contribution in [1.29, 1.82) is 0 Å². The van der Waals surface area contributed by atoms with Crippen LogP contribution in [0, 0.1) is 5.82 Å². The number of carbonyl (C=O) groups is 1. The zero-order valence-corrected chi connectivity index (χ0v) is 13.1. The molecule has 0 aliphatic rings. The Hall–Kier alpha value is -3.29. The van der Waals surface area contributed by atoms with Crippen molar-refractivity contribution in [3.8, 4) is 11.3 Å². The molecule has 3 aromatic rings. The second kappa shape index (κ2) is 6.91. The highest BCUT2D eigenvalue weighted by atomic mass is 19.4. The van der Waals surface area contributed by atoms with E-state index in [2.05, 4.69) is 15.3 Å². The number of benzene rings is 2. The summed E-state index contributed by atoms with van der Waals surface area (Å²) in [6.07, 6.45) is -1.86. The predicted octanol–water partition coefficient (Wildman–Crippen LogP) is 4.55. The average Bonchev–Trinajstić information content (AvgIpc) is 2.63. The molecule has 1 aromatic heterocycles. The fourth-order valence-corrected chi connectivity index (χ4v) is 2.17. The van der Waals surface area contributed by atoms with Crippen LogP contribution in [-0.4, -0.2) is 15.9 Å². The zero-order chi connectivity index (χ0) is 18.7. The summed E-state index contributed by atoms with van der Waals surface area (Å²) in [7, 11) is 0. The van der Waals surface area contributed by atoms with Gasteiger partial charge < -0.3 is 5.32 Å². The molecule has 26 heavy (non-hydrogen) atoms. The molecule has 4 nitrogen and oxygen atoms in total. The van der Waals surface area contributed by atoms with Gasteiger partial charge in [-0.3, -0.25) is 9.78 Å². The summed E-state index contributed by atoms with van der Waals surface area (Å²) < 4.78 is 50.7. The lowest BCUT2D eigenvalue weighted by Gasteiger charge is -2.08. The van der Waals surface area contributed by atoms with Crippen molar-refractivity contribution in [1.82, 2.24) is 9.97 Å². The van der Waals surface area contributed by atoms with Gasteiger partial charge in [-0.2, -0.15) is 13.2 Å². The standard InChI is InChI=1S/C18H11F4N3O/c19-13-5-7-14(8-6-13)24-17(26)16-10-23-9-15(25-16)11-1-3-12(4-2-11)18(20,21)22/h1-10H,(H,24,26). The number of hydrogen-bond acceptors (Lipinski definition) is 3. The van der Waals surface area contributed by atoms with E-state index in [1.54, 1.807) is 0 Å². The van der Waals surface area contributed by atoms with Crippen molar-refractivity contribution in [2.75, 3.05) is 5.32 Å². The quantitative estimate of drug-likeness (QED) is 0.696. The number of alkyl halides is 3. The van der Waals surface area contributed by atoms with E-state index in [0.717, 1.165) is 12.1 Å². The molecule has 0 radical (unpaired) electrons. The highest BCUT2D eigenvalue weighted by Gasteiger charge is 2.30. The largest absolute Gasteiger partial charge is 0.416 e. The van der Waals surface area contributed by atoms with E-state index in [4.69, 9.17) is 0 Å². The first kappa shape index (κ1) is 17.5. The van der Waals surface area contributed by atoms with Crippen molar-refractivity contribution in [3.63, 3.8) is 0 Å². The Labute approximate surface area is 145 Å². The molecule has 0 spiro atoms. The van der Waals surface area contributed by atoms with E-state index in [1.165, 1.54) is 48.8 Å². The van der Waals surface area contributed by atoms with Gasteiger partial charge in [0.15, 0.2) is 0 Å². The summed E-state index contributed by atoms with van der Waals surface area (Å²) in [4.78, 5) is 20.2. The van der Waals surface area contributed by atoms with Crippen LogP contribution in [0.5, 0.6) is 0 Å². The van der Waals surface area contributed by atoms with Gasteiger partial charge in [0.1, 0.15) is 11.5 Å². The summed E-state index contributed by atoms with van der Waals surface area (Å²) in [5.41, 5.74) is 0.219. The van der Waals surface area contributed by atoms with Gasteiger partial charge in [0.25, 0.3) is 5.91 Å². The molecule has 0 aliphatic heterocycles. The van der Waals surface area contributed by atoms with Crippen LogP contribution in [-0.2, 0) is 6.18 Å². The third-order valence-electron chi connectivity index (χ3n) is 3.48. The Morgan fingerprint density at radius 1 is 0.923 bits per heavy atom. The summed E-state index contributed by atoms with van der Waals surface area (Å²) >= 11 is 0. The number of carbonyl (C=O) groups excluding carboxylic acids is 1. The molecule has 2 aromatic carbocycles. The number of anilines is 1. The van der Waals surface area contributed by atoms with Crippen LogP contribution in [0.2, 0.25) is 0 Å². The maximum absolute atomic E-state index is 12.9. The van der Waals surface area contributed by atoms with E-state index in [-0.39, 0.29) is 11.4 Å². The Bertz CT molecular complexity index is 922. The molecule has 0 saturated heterocycles. The van der Waals surface area contributed by atoms with Crippen LogP contribution >= 0.6 is 0 Å². The summed E-state index contributed by atoms with van der Waals surface area (Å²) in [6, 6.07) is 9.55. The van der Waals surface area contributed by atoms with Crippen LogP contribution in [0.1, 0.15) is 16.1 Å². The second-order valence-corrected chi connectivity index (χ2v) is 5.33. The van der Waals surface area contributed by atoms with Gasteiger partial charge >= 0.3 is 6.18 Å². The third kappa shape index (κ3) is 4.02. The third-order valence-corrected chi connectivity index (χ3v) is 3.48. The van der Waals surface area contributed by atoms with Crippen molar-refractivity contribution in [2.45, 2.75) is 6.18 Å². The molecule has 132 valence electrons. The van der Waals surface area contributed by atoms with E-state index in [1.807, 2.05) is 0 Å². The van der Waals surface area contributed by atoms with E-state index in [9.17, 15) is 22.4 Å². The summed E-state index contributed by atoms with van der Waals surface area (Å²) in [6.45, 7) is 0. The summed E-state index contributed by atoms with van der Waals surface area (Å²) in [5, 5.41) is 2.54. The Balaban J connectivity index is 1.81. The number of aromatic nitrogens is 2. The van der Waals surface area contributed by atoms with Crippen molar-refractivity contribution in [3.05, 3.63) is 78.0 Å². The van der Waals surface area contributed by atoms with E-state index < -0.39 is 23.5 Å². The van der Waals surface area contributed by atoms with Crippen molar-refractivity contribution >= 4 is 11.6 Å². The first-order valence-corrected chi connectivity index (χ1v) is 7.39. The van der Waals surface area contributed by atoms with Gasteiger partial charge in [0, 0.05) is 11.3 Å². The Morgan fingerprint density at radius 2 is 1.58 bits per heavy atom. The summed E-state index contributed by atoms with van der Waals surface area (Å²) in [5.74, 6) is -1.01. The highest BCUT2D eigenvalue weighted by Crippen LogP contribution is 2.30. The lowest BCUT2D eigenvalue weighted by atomic mass is 10.1. The van der Waals surface area contributed by atoms with E-state index in [0.29, 0.717) is 11.3 Å². The topological polar surface area (TPSA) is 54.9 Å². The maximum atomic E-state index is 12.9. The molecule has 1 amide bonds. The van der Waals surface area contributed by atoms with E-state index >= 15 is 0 Å². The number of rotatable bonds is 3. The molecule has 0 fully saturated rings. The van der Waals surface area contributed by atoms with Crippen LogP contribution in [0.25, 0.3) is 11.3 Å². The fourth-order valence-electron chi connectivity index (χ4n) is 2.17. The minimum absolute atomic E-state index is 0.0216.